The fraction of sp³-hybridized carbons (Fsp3) is 0. The monoisotopic (exact) mass is 387 g/mol. The first kappa shape index (κ1) is 13.8. The summed E-state index contributed by atoms with van der Waals surface area (Å²) in [6.07, 6.45) is 1.50. The van der Waals surface area contributed by atoms with Gasteiger partial charge in [-0.15, -0.1) is 0 Å². The van der Waals surface area contributed by atoms with Crippen molar-refractivity contribution in [2.45, 2.75) is 0 Å². The summed E-state index contributed by atoms with van der Waals surface area (Å²) in [5, 5.41) is 10.9. The molecule has 0 saturated carbocycles. The van der Waals surface area contributed by atoms with Gasteiger partial charge in [0.15, 0.2) is 0 Å². The molecule has 2 N–H and O–H groups in total. The van der Waals surface area contributed by atoms with E-state index in [0.717, 1.165) is 0 Å². The highest BCUT2D eigenvalue weighted by atomic mass is 79.9. The fourth-order valence-electron chi connectivity index (χ4n) is 1.35. The molecule has 1 aromatic carbocycles. The smallest absolute Gasteiger partial charge is 0.312 e. The summed E-state index contributed by atoms with van der Waals surface area (Å²) in [6.45, 7) is 0. The number of nitrogens with two attached hydrogens (primary N) is 1. The van der Waals surface area contributed by atoms with Crippen LogP contribution in [0.1, 0.15) is 0 Å². The molecule has 2 rings (SSSR count). The molecule has 0 bridgehead atoms. The number of hydrogen-bond donors (Lipinski definition) is 1. The second-order valence-corrected chi connectivity index (χ2v) is 5.35. The lowest BCUT2D eigenvalue weighted by Gasteiger charge is -2.08. The van der Waals surface area contributed by atoms with Gasteiger partial charge in [-0.2, -0.15) is 0 Å². The van der Waals surface area contributed by atoms with Crippen LogP contribution in [0.3, 0.4) is 0 Å². The zero-order valence-corrected chi connectivity index (χ0v) is 12.5. The van der Waals surface area contributed by atoms with Crippen molar-refractivity contribution in [3.05, 3.63) is 49.5 Å². The zero-order chi connectivity index (χ0) is 14.0. The number of hydrogen-bond acceptors (Lipinski definition) is 5. The summed E-state index contributed by atoms with van der Waals surface area (Å²) in [4.78, 5) is 14.4. The first-order valence-electron chi connectivity index (χ1n) is 5.00. The number of ether oxygens (including phenoxy) is 1. The van der Waals surface area contributed by atoms with Gasteiger partial charge in [-0.25, -0.2) is 4.98 Å². The van der Waals surface area contributed by atoms with Crippen LogP contribution in [0.4, 0.5) is 11.4 Å². The molecular weight excluding hydrogens is 382 g/mol. The number of benzene rings is 1. The molecule has 6 nitrogen and oxygen atoms in total. The summed E-state index contributed by atoms with van der Waals surface area (Å²) in [7, 11) is 0. The van der Waals surface area contributed by atoms with Crippen LogP contribution in [0.15, 0.2) is 39.4 Å². The third-order valence-corrected chi connectivity index (χ3v) is 3.10. The molecule has 0 aliphatic carbocycles. The first-order chi connectivity index (χ1) is 8.97. The van der Waals surface area contributed by atoms with Crippen LogP contribution in [0.2, 0.25) is 0 Å². The maximum atomic E-state index is 10.9. The van der Waals surface area contributed by atoms with E-state index in [1.54, 1.807) is 12.1 Å². The van der Waals surface area contributed by atoms with Crippen molar-refractivity contribution in [2.75, 3.05) is 5.73 Å². The lowest BCUT2D eigenvalue weighted by atomic mass is 10.3. The van der Waals surface area contributed by atoms with E-state index in [2.05, 4.69) is 36.8 Å². The highest BCUT2D eigenvalue weighted by Gasteiger charge is 2.17. The van der Waals surface area contributed by atoms with Crippen LogP contribution in [-0.4, -0.2) is 9.91 Å². The molecule has 8 heteroatoms. The van der Waals surface area contributed by atoms with Crippen molar-refractivity contribution in [1.82, 2.24) is 4.98 Å². The van der Waals surface area contributed by atoms with Crippen molar-refractivity contribution >= 4 is 43.2 Å². The SMILES string of the molecule is Nc1cc(Br)cnc1Oc1ccc(Br)cc1[N+](=O)[O-]. The van der Waals surface area contributed by atoms with E-state index in [1.165, 1.54) is 18.3 Å². The van der Waals surface area contributed by atoms with E-state index in [-0.39, 0.29) is 23.0 Å². The number of nitrogens with zero attached hydrogens (tertiary/aromatic N) is 2. The van der Waals surface area contributed by atoms with Crippen molar-refractivity contribution in [3.63, 3.8) is 0 Å². The fourth-order valence-corrected chi connectivity index (χ4v) is 2.05. The minimum Gasteiger partial charge on any atom is -0.430 e. The lowest BCUT2D eigenvalue weighted by molar-refractivity contribution is -0.385. The molecule has 0 spiro atoms. The normalized spacial score (nSPS) is 10.2. The standard InChI is InChI=1S/C11H7Br2N3O3/c12-6-1-2-10(9(4-6)16(17)18)19-11-8(14)3-7(13)5-15-11/h1-5H,14H2. The molecule has 0 amide bonds. The van der Waals surface area contributed by atoms with Crippen LogP contribution in [0, 0.1) is 10.1 Å². The minimum atomic E-state index is -0.533. The number of halogens is 2. The highest BCUT2D eigenvalue weighted by Crippen LogP contribution is 2.35. The van der Waals surface area contributed by atoms with Gasteiger partial charge < -0.3 is 10.5 Å². The first-order valence-corrected chi connectivity index (χ1v) is 6.59. The third-order valence-electron chi connectivity index (χ3n) is 2.17. The predicted molar refractivity (Wildman–Crippen MR) is 77.2 cm³/mol. The van der Waals surface area contributed by atoms with E-state index in [9.17, 15) is 10.1 Å². The topological polar surface area (TPSA) is 91.3 Å². The van der Waals surface area contributed by atoms with Crippen LogP contribution in [0.5, 0.6) is 11.6 Å². The summed E-state index contributed by atoms with van der Waals surface area (Å²) in [5.74, 6) is 0.198. The van der Waals surface area contributed by atoms with Gasteiger partial charge in [-0.05, 0) is 34.1 Å². The largest absolute Gasteiger partial charge is 0.430 e. The molecular formula is C11H7Br2N3O3. The van der Waals surface area contributed by atoms with Gasteiger partial charge in [0.05, 0.1) is 10.6 Å². The summed E-state index contributed by atoms with van der Waals surface area (Å²) < 4.78 is 6.68. The van der Waals surface area contributed by atoms with E-state index >= 15 is 0 Å². The maximum absolute atomic E-state index is 10.9. The Morgan fingerprint density at radius 2 is 2.00 bits per heavy atom. The Hall–Kier alpha value is -1.67. The van der Waals surface area contributed by atoms with Gasteiger partial charge >= 0.3 is 5.69 Å². The summed E-state index contributed by atoms with van der Waals surface area (Å²) in [6, 6.07) is 6.07. The average Bonchev–Trinajstić information content (AvgIpc) is 2.34. The van der Waals surface area contributed by atoms with Crippen molar-refractivity contribution < 1.29 is 9.66 Å². The van der Waals surface area contributed by atoms with Crippen molar-refractivity contribution in [1.29, 1.82) is 0 Å². The lowest BCUT2D eigenvalue weighted by Crippen LogP contribution is -1.98. The quantitative estimate of drug-likeness (QED) is 0.636. The molecule has 0 radical (unpaired) electrons. The molecule has 0 fully saturated rings. The van der Waals surface area contributed by atoms with Gasteiger partial charge in [-0.1, -0.05) is 15.9 Å². The van der Waals surface area contributed by atoms with Gasteiger partial charge in [0, 0.05) is 21.2 Å². The predicted octanol–water partition coefficient (Wildman–Crippen LogP) is 3.89. The molecule has 0 unspecified atom stereocenters. The molecule has 0 atom stereocenters. The Morgan fingerprint density at radius 3 is 2.63 bits per heavy atom. The molecule has 1 heterocycles. The van der Waals surface area contributed by atoms with Crippen molar-refractivity contribution in [2.24, 2.45) is 0 Å². The number of nitro groups is 1. The molecule has 0 saturated heterocycles. The van der Waals surface area contributed by atoms with Crippen LogP contribution in [0.25, 0.3) is 0 Å². The van der Waals surface area contributed by atoms with Gasteiger partial charge in [-0.3, -0.25) is 10.1 Å². The Kier molecular flexibility index (Phi) is 4.01. The molecule has 0 aliphatic rings. The summed E-state index contributed by atoms with van der Waals surface area (Å²) >= 11 is 6.38. The molecule has 98 valence electrons. The van der Waals surface area contributed by atoms with Crippen LogP contribution in [-0.2, 0) is 0 Å². The Balaban J connectivity index is 2.40. The third kappa shape index (κ3) is 3.21. The Morgan fingerprint density at radius 1 is 1.26 bits per heavy atom. The maximum Gasteiger partial charge on any atom is 0.312 e. The van der Waals surface area contributed by atoms with E-state index in [4.69, 9.17) is 10.5 Å². The number of aromatic nitrogens is 1. The molecule has 2 aromatic rings. The minimum absolute atomic E-state index is 0.0784. The molecule has 1 aromatic heterocycles. The molecule has 19 heavy (non-hydrogen) atoms. The van der Waals surface area contributed by atoms with Gasteiger partial charge in [0.2, 0.25) is 11.6 Å². The second kappa shape index (κ2) is 5.54. The average molecular weight is 389 g/mol. The Bertz CT molecular complexity index is 649. The Labute approximate surface area is 125 Å². The highest BCUT2D eigenvalue weighted by molar-refractivity contribution is 9.10. The second-order valence-electron chi connectivity index (χ2n) is 3.52. The summed E-state index contributed by atoms with van der Waals surface area (Å²) in [5.41, 5.74) is 5.84. The number of nitro benzene ring substituents is 1. The number of nitrogen functional groups attached to an aromatic ring is 1. The van der Waals surface area contributed by atoms with E-state index < -0.39 is 4.92 Å². The van der Waals surface area contributed by atoms with Gasteiger partial charge in [0.25, 0.3) is 0 Å². The number of anilines is 1. The van der Waals surface area contributed by atoms with E-state index in [1.807, 2.05) is 0 Å². The van der Waals surface area contributed by atoms with E-state index in [0.29, 0.717) is 8.95 Å². The van der Waals surface area contributed by atoms with Crippen LogP contribution < -0.4 is 10.5 Å². The number of rotatable bonds is 3. The van der Waals surface area contributed by atoms with Crippen molar-refractivity contribution in [3.8, 4) is 11.6 Å². The number of pyridine rings is 1. The molecule has 0 aliphatic heterocycles. The zero-order valence-electron chi connectivity index (χ0n) is 9.34. The van der Waals surface area contributed by atoms with Crippen LogP contribution >= 0.6 is 31.9 Å². The van der Waals surface area contributed by atoms with Gasteiger partial charge in [0.1, 0.15) is 0 Å².